The fraction of sp³-hybridized carbons (Fsp3) is 0.522. The zero-order valence-electron chi connectivity index (χ0n) is 19.9. The van der Waals surface area contributed by atoms with Crippen molar-refractivity contribution in [1.82, 2.24) is 25.3 Å². The van der Waals surface area contributed by atoms with Gasteiger partial charge in [-0.25, -0.2) is 9.18 Å². The van der Waals surface area contributed by atoms with Crippen molar-refractivity contribution < 1.29 is 26.9 Å². The molecule has 37 heavy (non-hydrogen) atoms. The zero-order chi connectivity index (χ0) is 26.1. The Balaban J connectivity index is 1.37. The van der Waals surface area contributed by atoms with E-state index in [0.717, 1.165) is 24.2 Å². The number of benzene rings is 1. The van der Waals surface area contributed by atoms with Gasteiger partial charge in [0.05, 0.1) is 27.9 Å². The largest absolute Gasteiger partial charge is 0.446 e. The Morgan fingerprint density at radius 1 is 1.27 bits per heavy atom. The van der Waals surface area contributed by atoms with Crippen LogP contribution >= 0.6 is 23.1 Å². The summed E-state index contributed by atoms with van der Waals surface area (Å²) in [7, 11) is 3.56. The predicted octanol–water partition coefficient (Wildman–Crippen LogP) is 5.24. The molecule has 2 bridgehead atoms. The quantitative estimate of drug-likeness (QED) is 0.328. The van der Waals surface area contributed by atoms with E-state index in [2.05, 4.69) is 25.7 Å². The van der Waals surface area contributed by atoms with Gasteiger partial charge in [-0.3, -0.25) is 4.90 Å². The van der Waals surface area contributed by atoms with Gasteiger partial charge >= 0.3 is 11.5 Å². The number of anilines is 1. The van der Waals surface area contributed by atoms with E-state index >= 15 is 4.39 Å². The van der Waals surface area contributed by atoms with Crippen molar-refractivity contribution in [3.05, 3.63) is 24.1 Å². The molecule has 0 spiro atoms. The van der Waals surface area contributed by atoms with Crippen molar-refractivity contribution >= 4 is 44.9 Å². The minimum atomic E-state index is -4.54. The van der Waals surface area contributed by atoms with Crippen molar-refractivity contribution in [2.45, 2.75) is 60.0 Å². The molecule has 0 radical (unpaired) electrons. The summed E-state index contributed by atoms with van der Waals surface area (Å²) in [4.78, 5) is 19.9. The van der Waals surface area contributed by atoms with Gasteiger partial charge in [0.15, 0.2) is 0 Å². The summed E-state index contributed by atoms with van der Waals surface area (Å²) in [6, 6.07) is 3.91. The number of rotatable bonds is 5. The lowest BCUT2D eigenvalue weighted by molar-refractivity contribution is -0.0327. The Kier molecular flexibility index (Phi) is 6.03. The summed E-state index contributed by atoms with van der Waals surface area (Å²) in [6.07, 6.45) is 1.29. The number of carbonyl (C=O) groups is 1. The number of hydrogen-bond acceptors (Lipinski definition) is 8. The molecule has 8 nitrogen and oxygen atoms in total. The number of carbonyl (C=O) groups excluding carboxylic acids is 1. The average Bonchev–Trinajstić information content (AvgIpc) is 3.58. The third-order valence-corrected chi connectivity index (χ3v) is 9.67. The van der Waals surface area contributed by atoms with Gasteiger partial charge in [0, 0.05) is 29.4 Å². The lowest BCUT2D eigenvalue weighted by Gasteiger charge is -2.39. The van der Waals surface area contributed by atoms with Crippen LogP contribution in [-0.2, 0) is 0 Å². The summed E-state index contributed by atoms with van der Waals surface area (Å²) in [5, 5.41) is 10.3. The third-order valence-electron chi connectivity index (χ3n) is 7.45. The highest BCUT2D eigenvalue weighted by Gasteiger charge is 2.46. The molecule has 14 heteroatoms. The van der Waals surface area contributed by atoms with Crippen molar-refractivity contribution in [2.24, 2.45) is 0 Å². The van der Waals surface area contributed by atoms with Gasteiger partial charge in [0.2, 0.25) is 5.82 Å². The van der Waals surface area contributed by atoms with Crippen molar-refractivity contribution in [3.63, 3.8) is 0 Å². The minimum Gasteiger partial charge on any atom is -0.378 e. The normalized spacial score (nSPS) is 28.3. The Bertz CT molecular complexity index is 1350. The molecule has 2 N–H and O–H groups in total. The number of fused-ring (bicyclic) bond motifs is 3. The molecule has 3 saturated heterocycles. The van der Waals surface area contributed by atoms with Crippen LogP contribution in [0.4, 0.5) is 28.0 Å². The van der Waals surface area contributed by atoms with Crippen molar-refractivity contribution in [3.8, 4) is 10.7 Å². The minimum absolute atomic E-state index is 0.0124. The molecule has 2 aromatic heterocycles. The smallest absolute Gasteiger partial charge is 0.378 e. The van der Waals surface area contributed by atoms with Crippen molar-refractivity contribution in [2.75, 3.05) is 26.0 Å². The van der Waals surface area contributed by atoms with Gasteiger partial charge in [-0.15, -0.1) is 11.3 Å². The van der Waals surface area contributed by atoms with Gasteiger partial charge in [0.25, 0.3) is 5.89 Å². The topological polar surface area (TPSA) is 86.5 Å². The van der Waals surface area contributed by atoms with Crippen LogP contribution in [0.1, 0.15) is 31.2 Å². The second kappa shape index (κ2) is 9.02. The van der Waals surface area contributed by atoms with E-state index in [0.29, 0.717) is 28.7 Å². The Morgan fingerprint density at radius 2 is 2.08 bits per heavy atom. The summed E-state index contributed by atoms with van der Waals surface area (Å²) in [5.41, 5.74) is -3.96. The van der Waals surface area contributed by atoms with E-state index in [1.807, 2.05) is 7.05 Å². The molecule has 3 aliphatic heterocycles. The molecule has 6 rings (SSSR count). The fourth-order valence-electron chi connectivity index (χ4n) is 5.58. The maximum absolute atomic E-state index is 15.3. The first-order chi connectivity index (χ1) is 17.6. The monoisotopic (exact) mass is 556 g/mol. The number of piperidine rings is 1. The molecule has 2 amide bonds. The first-order valence-electron chi connectivity index (χ1n) is 11.9. The van der Waals surface area contributed by atoms with Crippen LogP contribution in [0.15, 0.2) is 27.6 Å². The van der Waals surface area contributed by atoms with E-state index in [1.165, 1.54) is 4.90 Å². The highest BCUT2D eigenvalue weighted by Crippen LogP contribution is 2.51. The number of amides is 2. The highest BCUT2D eigenvalue weighted by molar-refractivity contribution is 8.00. The maximum atomic E-state index is 15.3. The molecule has 3 aromatic rings. The molecule has 0 aliphatic carbocycles. The number of urea groups is 1. The number of thioether (sulfide) groups is 1. The van der Waals surface area contributed by atoms with E-state index in [-0.39, 0.29) is 51.4 Å². The number of alkyl halides is 4. The molecule has 198 valence electrons. The van der Waals surface area contributed by atoms with E-state index in [1.54, 1.807) is 25.2 Å². The third kappa shape index (κ3) is 4.42. The standard InChI is InChI=1S/C23H24F4N6O2S2/c1-32-9-14(29-22(32)34)21-30-20(31-35-21)19-18(37-23(25,26)27)11-4-3-5-12(17(11)36-19)28-13-8-10-6-7-15(16(13)24)33(10)2/h3-5,10,13-16,28H,6-9H2,1-2H3,(H,29,34)/t10-,13-,14-,15+,16-/m1/s1. The van der Waals surface area contributed by atoms with Gasteiger partial charge in [-0.05, 0) is 44.1 Å². The highest BCUT2D eigenvalue weighted by atomic mass is 32.2. The lowest BCUT2D eigenvalue weighted by atomic mass is 9.95. The van der Waals surface area contributed by atoms with E-state index in [4.69, 9.17) is 4.52 Å². The first-order valence-corrected chi connectivity index (χ1v) is 13.5. The van der Waals surface area contributed by atoms with E-state index < -0.39 is 23.8 Å². The van der Waals surface area contributed by atoms with Crippen LogP contribution in [0.3, 0.4) is 0 Å². The summed E-state index contributed by atoms with van der Waals surface area (Å²) in [5.74, 6) is 0.131. The molecule has 0 saturated carbocycles. The fourth-order valence-corrected chi connectivity index (χ4v) is 7.69. The predicted molar refractivity (Wildman–Crippen MR) is 132 cm³/mol. The lowest BCUT2D eigenvalue weighted by Crippen LogP contribution is -2.53. The maximum Gasteiger partial charge on any atom is 0.446 e. The molecule has 3 fully saturated rings. The summed E-state index contributed by atoms with van der Waals surface area (Å²) < 4.78 is 62.1. The van der Waals surface area contributed by atoms with Gasteiger partial charge < -0.3 is 20.1 Å². The van der Waals surface area contributed by atoms with Crippen LogP contribution < -0.4 is 10.6 Å². The number of aromatic nitrogens is 2. The second-order valence-electron chi connectivity index (χ2n) is 9.72. The molecular weight excluding hydrogens is 532 g/mol. The first kappa shape index (κ1) is 24.7. The number of nitrogens with one attached hydrogen (secondary N) is 2. The molecule has 5 heterocycles. The summed E-state index contributed by atoms with van der Waals surface area (Å²) in [6.45, 7) is 0.300. The SMILES string of the molecule is CN1C[C@H](c2nc(-c3sc4c(N[C@@H]5C[C@H]6CC[C@@H]([C@@H]5F)N6C)cccc4c3SC(F)(F)F)no2)NC1=O. The number of thiophene rings is 1. The number of halogens is 4. The van der Waals surface area contributed by atoms with Crippen LogP contribution in [0.2, 0.25) is 0 Å². The van der Waals surface area contributed by atoms with Gasteiger partial charge in [-0.2, -0.15) is 18.2 Å². The Labute approximate surface area is 217 Å². The number of nitrogens with zero attached hydrogens (tertiary/aromatic N) is 4. The molecule has 1 aromatic carbocycles. The second-order valence-corrected chi connectivity index (χ2v) is 11.8. The zero-order valence-corrected chi connectivity index (χ0v) is 21.5. The summed E-state index contributed by atoms with van der Waals surface area (Å²) >= 11 is 0.879. The van der Waals surface area contributed by atoms with Gasteiger partial charge in [-0.1, -0.05) is 17.3 Å². The number of hydrogen-bond donors (Lipinski definition) is 2. The molecule has 0 unspecified atom stereocenters. The number of likely N-dealkylation sites (N-methyl/N-ethyl adjacent to an activating group) is 1. The van der Waals surface area contributed by atoms with Gasteiger partial charge in [0.1, 0.15) is 12.2 Å². The Morgan fingerprint density at radius 3 is 2.81 bits per heavy atom. The van der Waals surface area contributed by atoms with Crippen LogP contribution in [-0.4, -0.2) is 76.4 Å². The molecular formula is C23H24F4N6O2S2. The van der Waals surface area contributed by atoms with Crippen LogP contribution in [0, 0.1) is 0 Å². The van der Waals surface area contributed by atoms with Crippen LogP contribution in [0.25, 0.3) is 20.8 Å². The van der Waals surface area contributed by atoms with Crippen LogP contribution in [0.5, 0.6) is 0 Å². The van der Waals surface area contributed by atoms with E-state index in [9.17, 15) is 18.0 Å². The van der Waals surface area contributed by atoms with Crippen molar-refractivity contribution in [1.29, 1.82) is 0 Å². The average molecular weight is 557 g/mol. The molecule has 3 aliphatic rings. The Hall–Kier alpha value is -2.58. The molecule has 5 atom stereocenters.